The van der Waals surface area contributed by atoms with Gasteiger partial charge in [0.2, 0.25) is 5.91 Å². The highest BCUT2D eigenvalue weighted by molar-refractivity contribution is 5.86. The molecule has 2 heterocycles. The molecule has 0 aromatic carbocycles. The van der Waals surface area contributed by atoms with Crippen molar-refractivity contribution in [1.82, 2.24) is 9.88 Å². The van der Waals surface area contributed by atoms with E-state index in [-0.39, 0.29) is 12.3 Å². The molecule has 1 aromatic heterocycles. The molecule has 1 saturated heterocycles. The lowest BCUT2D eigenvalue weighted by molar-refractivity contribution is -0.141. The SMILES string of the molecule is Cc1cccc(CCN2CC(C(=O)O)CC2=O)n1. The van der Waals surface area contributed by atoms with Crippen molar-refractivity contribution in [1.29, 1.82) is 0 Å². The van der Waals surface area contributed by atoms with Gasteiger partial charge in [-0.05, 0) is 19.1 Å². The molecule has 1 amide bonds. The fourth-order valence-corrected chi connectivity index (χ4v) is 2.14. The van der Waals surface area contributed by atoms with Gasteiger partial charge in [0.05, 0.1) is 5.92 Å². The molecule has 1 fully saturated rings. The Morgan fingerprint density at radius 3 is 2.94 bits per heavy atom. The number of pyridine rings is 1. The maximum absolute atomic E-state index is 11.6. The Bertz CT molecular complexity index is 473. The lowest BCUT2D eigenvalue weighted by Gasteiger charge is -2.15. The molecule has 0 bridgehead atoms. The minimum atomic E-state index is -0.889. The minimum absolute atomic E-state index is 0.0740. The molecule has 1 aliphatic heterocycles. The van der Waals surface area contributed by atoms with Gasteiger partial charge >= 0.3 is 5.97 Å². The van der Waals surface area contributed by atoms with E-state index in [0.29, 0.717) is 19.5 Å². The minimum Gasteiger partial charge on any atom is -0.481 e. The second kappa shape index (κ2) is 5.16. The Hall–Kier alpha value is -1.91. The van der Waals surface area contributed by atoms with Crippen molar-refractivity contribution in [3.63, 3.8) is 0 Å². The first kappa shape index (κ1) is 12.5. The number of rotatable bonds is 4. The Balaban J connectivity index is 1.91. The summed E-state index contributed by atoms with van der Waals surface area (Å²) in [7, 11) is 0. The lowest BCUT2D eigenvalue weighted by atomic mass is 10.1. The Morgan fingerprint density at radius 1 is 1.56 bits per heavy atom. The molecular weight excluding hydrogens is 232 g/mol. The Morgan fingerprint density at radius 2 is 2.33 bits per heavy atom. The fourth-order valence-electron chi connectivity index (χ4n) is 2.14. The fraction of sp³-hybridized carbons (Fsp3) is 0.462. The number of hydrogen-bond donors (Lipinski definition) is 1. The third-order valence-corrected chi connectivity index (χ3v) is 3.15. The summed E-state index contributed by atoms with van der Waals surface area (Å²) in [6, 6.07) is 5.77. The highest BCUT2D eigenvalue weighted by atomic mass is 16.4. The molecule has 5 nitrogen and oxygen atoms in total. The van der Waals surface area contributed by atoms with Crippen molar-refractivity contribution < 1.29 is 14.7 Å². The number of carbonyl (C=O) groups excluding carboxylic acids is 1. The molecule has 2 rings (SSSR count). The van der Waals surface area contributed by atoms with Crippen LogP contribution in [0, 0.1) is 12.8 Å². The molecule has 0 saturated carbocycles. The van der Waals surface area contributed by atoms with E-state index in [1.165, 1.54) is 0 Å². The largest absolute Gasteiger partial charge is 0.481 e. The van der Waals surface area contributed by atoms with Gasteiger partial charge in [-0.2, -0.15) is 0 Å². The number of likely N-dealkylation sites (tertiary alicyclic amines) is 1. The molecule has 0 radical (unpaired) electrons. The maximum Gasteiger partial charge on any atom is 0.308 e. The molecular formula is C13H16N2O3. The Labute approximate surface area is 105 Å². The number of aryl methyl sites for hydroxylation is 1. The van der Waals surface area contributed by atoms with Gasteiger partial charge in [0.1, 0.15) is 0 Å². The molecule has 0 spiro atoms. The zero-order valence-electron chi connectivity index (χ0n) is 10.3. The van der Waals surface area contributed by atoms with Crippen LogP contribution in [0.25, 0.3) is 0 Å². The number of carboxylic acids is 1. The second-order valence-electron chi connectivity index (χ2n) is 4.60. The Kier molecular flexibility index (Phi) is 3.60. The van der Waals surface area contributed by atoms with Gasteiger partial charge in [-0.3, -0.25) is 14.6 Å². The van der Waals surface area contributed by atoms with Crippen molar-refractivity contribution >= 4 is 11.9 Å². The van der Waals surface area contributed by atoms with Gasteiger partial charge in [0, 0.05) is 37.3 Å². The summed E-state index contributed by atoms with van der Waals surface area (Å²) in [6.45, 7) is 2.78. The molecule has 5 heteroatoms. The zero-order chi connectivity index (χ0) is 13.1. The van der Waals surface area contributed by atoms with Crippen molar-refractivity contribution in [3.05, 3.63) is 29.6 Å². The van der Waals surface area contributed by atoms with Crippen LogP contribution in [0.4, 0.5) is 0 Å². The summed E-state index contributed by atoms with van der Waals surface area (Å²) in [5, 5.41) is 8.88. The van der Waals surface area contributed by atoms with Gasteiger partial charge in [-0.1, -0.05) is 6.07 Å². The second-order valence-corrected chi connectivity index (χ2v) is 4.60. The highest BCUT2D eigenvalue weighted by Crippen LogP contribution is 2.18. The van der Waals surface area contributed by atoms with Gasteiger partial charge in [-0.25, -0.2) is 0 Å². The number of hydrogen-bond acceptors (Lipinski definition) is 3. The van der Waals surface area contributed by atoms with Crippen LogP contribution in [0.2, 0.25) is 0 Å². The van der Waals surface area contributed by atoms with E-state index in [9.17, 15) is 9.59 Å². The average molecular weight is 248 g/mol. The predicted molar refractivity (Wildman–Crippen MR) is 65.0 cm³/mol. The topological polar surface area (TPSA) is 70.5 Å². The van der Waals surface area contributed by atoms with Gasteiger partial charge in [0.25, 0.3) is 0 Å². The first-order chi connectivity index (χ1) is 8.56. The number of carbonyl (C=O) groups is 2. The first-order valence-corrected chi connectivity index (χ1v) is 5.99. The lowest BCUT2D eigenvalue weighted by Crippen LogP contribution is -2.28. The third-order valence-electron chi connectivity index (χ3n) is 3.15. The van der Waals surface area contributed by atoms with E-state index in [4.69, 9.17) is 5.11 Å². The summed E-state index contributed by atoms with van der Waals surface area (Å²) in [6.07, 6.45) is 0.788. The summed E-state index contributed by atoms with van der Waals surface area (Å²) < 4.78 is 0. The van der Waals surface area contributed by atoms with Crippen LogP contribution in [0.3, 0.4) is 0 Å². The van der Waals surface area contributed by atoms with Crippen molar-refractivity contribution in [2.24, 2.45) is 5.92 Å². The number of nitrogens with zero attached hydrogens (tertiary/aromatic N) is 2. The van der Waals surface area contributed by atoms with Crippen LogP contribution in [-0.4, -0.2) is 40.0 Å². The first-order valence-electron chi connectivity index (χ1n) is 5.99. The van der Waals surface area contributed by atoms with Crippen LogP contribution < -0.4 is 0 Å². The summed E-state index contributed by atoms with van der Waals surface area (Å²) in [4.78, 5) is 28.4. The number of aliphatic carboxylic acids is 1. The van der Waals surface area contributed by atoms with Gasteiger partial charge in [0.15, 0.2) is 0 Å². The summed E-state index contributed by atoms with van der Waals surface area (Å²) in [5.41, 5.74) is 1.88. The van der Waals surface area contributed by atoms with E-state index in [1.54, 1.807) is 4.90 Å². The molecule has 1 atom stereocenters. The van der Waals surface area contributed by atoms with E-state index < -0.39 is 11.9 Å². The molecule has 18 heavy (non-hydrogen) atoms. The standard InChI is InChI=1S/C13H16N2O3/c1-9-3-2-4-11(14-9)5-6-15-8-10(13(17)18)7-12(15)16/h2-4,10H,5-8H2,1H3,(H,17,18). The van der Waals surface area contributed by atoms with Crippen molar-refractivity contribution in [2.75, 3.05) is 13.1 Å². The van der Waals surface area contributed by atoms with Crippen LogP contribution in [0.15, 0.2) is 18.2 Å². The predicted octanol–water partition coefficient (Wildman–Crippen LogP) is 0.866. The van der Waals surface area contributed by atoms with Crippen LogP contribution in [0.1, 0.15) is 17.8 Å². The van der Waals surface area contributed by atoms with E-state index in [0.717, 1.165) is 11.4 Å². The van der Waals surface area contributed by atoms with Crippen LogP contribution in [-0.2, 0) is 16.0 Å². The monoisotopic (exact) mass is 248 g/mol. The zero-order valence-corrected chi connectivity index (χ0v) is 10.3. The summed E-state index contributed by atoms with van der Waals surface area (Å²) in [5.74, 6) is -1.52. The van der Waals surface area contributed by atoms with Gasteiger partial charge in [-0.15, -0.1) is 0 Å². The summed E-state index contributed by atoms with van der Waals surface area (Å²) >= 11 is 0. The molecule has 0 aliphatic carbocycles. The molecule has 1 unspecified atom stereocenters. The maximum atomic E-state index is 11.6. The smallest absolute Gasteiger partial charge is 0.308 e. The van der Waals surface area contributed by atoms with Crippen molar-refractivity contribution in [2.45, 2.75) is 19.8 Å². The number of aromatic nitrogens is 1. The third kappa shape index (κ3) is 2.85. The van der Waals surface area contributed by atoms with Gasteiger partial charge < -0.3 is 10.0 Å². The normalized spacial score (nSPS) is 19.3. The quantitative estimate of drug-likeness (QED) is 0.858. The number of amides is 1. The van der Waals surface area contributed by atoms with Crippen LogP contribution >= 0.6 is 0 Å². The van der Waals surface area contributed by atoms with E-state index in [1.807, 2.05) is 25.1 Å². The molecule has 1 N–H and O–H groups in total. The molecule has 96 valence electrons. The van der Waals surface area contributed by atoms with Crippen LogP contribution in [0.5, 0.6) is 0 Å². The average Bonchev–Trinajstić information content (AvgIpc) is 2.68. The highest BCUT2D eigenvalue weighted by Gasteiger charge is 2.33. The number of carboxylic acid groups (broad SMARTS) is 1. The molecule has 1 aromatic rings. The van der Waals surface area contributed by atoms with Crippen molar-refractivity contribution in [3.8, 4) is 0 Å². The van der Waals surface area contributed by atoms with E-state index >= 15 is 0 Å². The van der Waals surface area contributed by atoms with E-state index in [2.05, 4.69) is 4.98 Å². The molecule has 1 aliphatic rings.